The summed E-state index contributed by atoms with van der Waals surface area (Å²) in [5, 5.41) is 7.12. The largest absolute Gasteiger partial charge is 0.379 e. The molecule has 94 valence electrons. The van der Waals surface area contributed by atoms with E-state index in [4.69, 9.17) is 0 Å². The standard InChI is InChI=1S/C12H13BrN4O/c1-8-3-4-9(5-14-8)6-15-10-7-16-17(2)12(18)11(10)13/h3-5,7,15H,6H2,1-2H3. The Hall–Kier alpha value is -1.69. The van der Waals surface area contributed by atoms with Gasteiger partial charge in [0.05, 0.1) is 11.9 Å². The van der Waals surface area contributed by atoms with Crippen LogP contribution in [0.5, 0.6) is 0 Å². The van der Waals surface area contributed by atoms with Crippen LogP contribution in [0.2, 0.25) is 0 Å². The van der Waals surface area contributed by atoms with Crippen LogP contribution < -0.4 is 10.9 Å². The minimum Gasteiger partial charge on any atom is -0.379 e. The van der Waals surface area contributed by atoms with Crippen LogP contribution >= 0.6 is 15.9 Å². The average molecular weight is 309 g/mol. The van der Waals surface area contributed by atoms with Crippen molar-refractivity contribution < 1.29 is 0 Å². The van der Waals surface area contributed by atoms with E-state index in [1.807, 2.05) is 25.3 Å². The minimum absolute atomic E-state index is 0.165. The van der Waals surface area contributed by atoms with Gasteiger partial charge in [0.1, 0.15) is 4.47 Å². The second-order valence-corrected chi connectivity index (χ2v) is 4.76. The van der Waals surface area contributed by atoms with Crippen LogP contribution in [0.1, 0.15) is 11.3 Å². The number of rotatable bonds is 3. The van der Waals surface area contributed by atoms with Gasteiger partial charge in [0.25, 0.3) is 5.56 Å². The number of hydrogen-bond acceptors (Lipinski definition) is 4. The van der Waals surface area contributed by atoms with Gasteiger partial charge in [0, 0.05) is 25.5 Å². The zero-order valence-corrected chi connectivity index (χ0v) is 11.7. The highest BCUT2D eigenvalue weighted by molar-refractivity contribution is 9.10. The summed E-state index contributed by atoms with van der Waals surface area (Å²) in [4.78, 5) is 15.9. The molecule has 0 fully saturated rings. The van der Waals surface area contributed by atoms with Crippen LogP contribution in [0.15, 0.2) is 33.8 Å². The number of aromatic nitrogens is 3. The maximum atomic E-state index is 11.6. The summed E-state index contributed by atoms with van der Waals surface area (Å²) in [5.41, 5.74) is 2.55. The molecule has 0 atom stereocenters. The maximum Gasteiger partial charge on any atom is 0.282 e. The topological polar surface area (TPSA) is 59.8 Å². The van der Waals surface area contributed by atoms with E-state index < -0.39 is 0 Å². The summed E-state index contributed by atoms with van der Waals surface area (Å²) in [6, 6.07) is 3.95. The Morgan fingerprint density at radius 1 is 1.39 bits per heavy atom. The number of aryl methyl sites for hydroxylation is 2. The molecule has 0 aliphatic rings. The summed E-state index contributed by atoms with van der Waals surface area (Å²) >= 11 is 3.26. The summed E-state index contributed by atoms with van der Waals surface area (Å²) in [6.45, 7) is 2.54. The van der Waals surface area contributed by atoms with Gasteiger partial charge in [-0.1, -0.05) is 6.07 Å². The zero-order valence-electron chi connectivity index (χ0n) is 10.1. The third-order valence-corrected chi connectivity index (χ3v) is 3.30. The lowest BCUT2D eigenvalue weighted by atomic mass is 10.2. The van der Waals surface area contributed by atoms with Crippen molar-refractivity contribution in [3.8, 4) is 0 Å². The van der Waals surface area contributed by atoms with E-state index in [9.17, 15) is 4.79 Å². The third-order valence-electron chi connectivity index (χ3n) is 2.53. The van der Waals surface area contributed by atoms with Crippen LogP contribution in [0.4, 0.5) is 5.69 Å². The first-order valence-corrected chi connectivity index (χ1v) is 6.24. The molecule has 2 aromatic rings. The quantitative estimate of drug-likeness (QED) is 0.940. The number of nitrogens with zero attached hydrogens (tertiary/aromatic N) is 3. The van der Waals surface area contributed by atoms with Gasteiger partial charge in [-0.25, -0.2) is 4.68 Å². The Morgan fingerprint density at radius 2 is 2.17 bits per heavy atom. The first-order chi connectivity index (χ1) is 8.58. The lowest BCUT2D eigenvalue weighted by Crippen LogP contribution is -2.21. The number of hydrogen-bond donors (Lipinski definition) is 1. The number of nitrogens with one attached hydrogen (secondary N) is 1. The number of pyridine rings is 1. The molecule has 0 bridgehead atoms. The molecule has 2 heterocycles. The summed E-state index contributed by atoms with van der Waals surface area (Å²) in [7, 11) is 1.61. The molecule has 0 radical (unpaired) electrons. The van der Waals surface area contributed by atoms with Crippen molar-refractivity contribution in [2.45, 2.75) is 13.5 Å². The summed E-state index contributed by atoms with van der Waals surface area (Å²) in [6.07, 6.45) is 3.43. The van der Waals surface area contributed by atoms with Gasteiger partial charge in [-0.15, -0.1) is 0 Å². The Morgan fingerprint density at radius 3 is 2.83 bits per heavy atom. The van der Waals surface area contributed by atoms with Gasteiger partial charge in [0.2, 0.25) is 0 Å². The van der Waals surface area contributed by atoms with Crippen molar-refractivity contribution >= 4 is 21.6 Å². The molecule has 0 aliphatic carbocycles. The first-order valence-electron chi connectivity index (χ1n) is 5.45. The Labute approximate surface area is 113 Å². The van der Waals surface area contributed by atoms with E-state index in [0.717, 1.165) is 11.3 Å². The van der Waals surface area contributed by atoms with Gasteiger partial charge in [-0.05, 0) is 34.5 Å². The second-order valence-electron chi connectivity index (χ2n) is 3.96. The third kappa shape index (κ3) is 2.76. The van der Waals surface area contributed by atoms with Crippen LogP contribution in [-0.2, 0) is 13.6 Å². The van der Waals surface area contributed by atoms with E-state index in [1.165, 1.54) is 4.68 Å². The molecule has 6 heteroatoms. The molecule has 2 aromatic heterocycles. The zero-order chi connectivity index (χ0) is 13.1. The first kappa shape index (κ1) is 12.8. The number of anilines is 1. The van der Waals surface area contributed by atoms with E-state index in [-0.39, 0.29) is 5.56 Å². The Kier molecular flexibility index (Phi) is 3.76. The predicted molar refractivity (Wildman–Crippen MR) is 73.5 cm³/mol. The van der Waals surface area contributed by atoms with Crippen molar-refractivity contribution in [3.63, 3.8) is 0 Å². The van der Waals surface area contributed by atoms with Gasteiger partial charge >= 0.3 is 0 Å². The van der Waals surface area contributed by atoms with Crippen molar-refractivity contribution in [3.05, 3.63) is 50.6 Å². The van der Waals surface area contributed by atoms with Gasteiger partial charge in [-0.3, -0.25) is 9.78 Å². The van der Waals surface area contributed by atoms with Crippen molar-refractivity contribution in [1.29, 1.82) is 0 Å². The van der Waals surface area contributed by atoms with Gasteiger partial charge < -0.3 is 5.32 Å². The summed E-state index contributed by atoms with van der Waals surface area (Å²) < 4.78 is 1.77. The molecule has 1 N–H and O–H groups in total. The van der Waals surface area contributed by atoms with Gasteiger partial charge in [0.15, 0.2) is 0 Å². The fourth-order valence-corrected chi connectivity index (χ4v) is 1.93. The lowest BCUT2D eigenvalue weighted by Gasteiger charge is -2.08. The average Bonchev–Trinajstić information content (AvgIpc) is 2.37. The highest BCUT2D eigenvalue weighted by atomic mass is 79.9. The molecule has 0 aromatic carbocycles. The molecule has 18 heavy (non-hydrogen) atoms. The molecule has 0 spiro atoms. The molecular weight excluding hydrogens is 296 g/mol. The molecule has 5 nitrogen and oxygen atoms in total. The molecule has 0 saturated heterocycles. The smallest absolute Gasteiger partial charge is 0.282 e. The van der Waals surface area contributed by atoms with Crippen molar-refractivity contribution in [1.82, 2.24) is 14.8 Å². The molecule has 2 rings (SSSR count). The highest BCUT2D eigenvalue weighted by Crippen LogP contribution is 2.16. The van der Waals surface area contributed by atoms with Gasteiger partial charge in [-0.2, -0.15) is 5.10 Å². The normalized spacial score (nSPS) is 10.4. The van der Waals surface area contributed by atoms with E-state index in [1.54, 1.807) is 13.2 Å². The molecule has 0 amide bonds. The Balaban J connectivity index is 2.13. The van der Waals surface area contributed by atoms with E-state index in [2.05, 4.69) is 31.3 Å². The maximum absolute atomic E-state index is 11.6. The Bertz CT molecular complexity index is 606. The summed E-state index contributed by atoms with van der Waals surface area (Å²) in [5.74, 6) is 0. The van der Waals surface area contributed by atoms with Crippen molar-refractivity contribution in [2.24, 2.45) is 7.05 Å². The monoisotopic (exact) mass is 308 g/mol. The lowest BCUT2D eigenvalue weighted by molar-refractivity contribution is 0.703. The molecule has 0 saturated carbocycles. The fourth-order valence-electron chi connectivity index (χ4n) is 1.43. The van der Waals surface area contributed by atoms with Crippen LogP contribution in [0.25, 0.3) is 0 Å². The van der Waals surface area contributed by atoms with Crippen LogP contribution in [0, 0.1) is 6.92 Å². The second kappa shape index (κ2) is 5.30. The van der Waals surface area contributed by atoms with E-state index in [0.29, 0.717) is 16.7 Å². The van der Waals surface area contributed by atoms with Crippen molar-refractivity contribution in [2.75, 3.05) is 5.32 Å². The van der Waals surface area contributed by atoms with E-state index >= 15 is 0 Å². The number of halogens is 1. The molecular formula is C12H13BrN4O. The van der Waals surface area contributed by atoms with Crippen LogP contribution in [-0.4, -0.2) is 14.8 Å². The SMILES string of the molecule is Cc1ccc(CNc2cnn(C)c(=O)c2Br)cn1. The molecule has 0 unspecified atom stereocenters. The minimum atomic E-state index is -0.165. The fraction of sp³-hybridized carbons (Fsp3) is 0.250. The van der Waals surface area contributed by atoms with Crippen LogP contribution in [0.3, 0.4) is 0 Å². The predicted octanol–water partition coefficient (Wildman–Crippen LogP) is 1.86. The highest BCUT2D eigenvalue weighted by Gasteiger charge is 2.06. The molecule has 0 aliphatic heterocycles.